The van der Waals surface area contributed by atoms with Crippen LogP contribution in [0.3, 0.4) is 0 Å². The van der Waals surface area contributed by atoms with E-state index in [2.05, 4.69) is 31.2 Å². The van der Waals surface area contributed by atoms with Crippen molar-refractivity contribution < 1.29 is 4.74 Å². The van der Waals surface area contributed by atoms with Gasteiger partial charge in [-0.25, -0.2) is 0 Å². The molecule has 1 aliphatic rings. The molecule has 1 fully saturated rings. The molecule has 2 unspecified atom stereocenters. The second-order valence-corrected chi connectivity index (χ2v) is 5.10. The number of nitrogens with one attached hydrogen (secondary N) is 1. The summed E-state index contributed by atoms with van der Waals surface area (Å²) < 4.78 is 7.52. The quantitative estimate of drug-likeness (QED) is 0.849. The lowest BCUT2D eigenvalue weighted by Gasteiger charge is -2.51. The second kappa shape index (κ2) is 4.09. The van der Waals surface area contributed by atoms with Crippen molar-refractivity contribution in [2.75, 3.05) is 11.9 Å². The Labute approximate surface area is 97.0 Å². The van der Waals surface area contributed by atoms with Gasteiger partial charge in [0.25, 0.3) is 0 Å². The smallest absolute Gasteiger partial charge is 0.0728 e. The SMILES string of the molecule is CCOC1CC(Nc2cnn(C)c2)C1(C)C. The standard InChI is InChI=1S/C12H21N3O/c1-5-16-11-6-10(12(11,2)3)14-9-7-13-15(4)8-9/h7-8,10-11,14H,5-6H2,1-4H3. The summed E-state index contributed by atoms with van der Waals surface area (Å²) in [6.07, 6.45) is 5.33. The number of aryl methyl sites for hydroxylation is 1. The average molecular weight is 223 g/mol. The van der Waals surface area contributed by atoms with Gasteiger partial charge in [0.15, 0.2) is 0 Å². The Morgan fingerprint density at radius 2 is 2.38 bits per heavy atom. The van der Waals surface area contributed by atoms with Crippen LogP contribution in [0.2, 0.25) is 0 Å². The lowest BCUT2D eigenvalue weighted by atomic mass is 9.64. The highest BCUT2D eigenvalue weighted by Crippen LogP contribution is 2.44. The Kier molecular flexibility index (Phi) is 2.93. The van der Waals surface area contributed by atoms with E-state index in [9.17, 15) is 0 Å². The molecule has 16 heavy (non-hydrogen) atoms. The molecule has 0 radical (unpaired) electrons. The van der Waals surface area contributed by atoms with E-state index in [1.54, 1.807) is 0 Å². The van der Waals surface area contributed by atoms with E-state index < -0.39 is 0 Å². The highest BCUT2D eigenvalue weighted by molar-refractivity contribution is 5.41. The van der Waals surface area contributed by atoms with Crippen molar-refractivity contribution in [2.24, 2.45) is 12.5 Å². The lowest BCUT2D eigenvalue weighted by molar-refractivity contribution is -0.0975. The summed E-state index contributed by atoms with van der Waals surface area (Å²) in [5.74, 6) is 0. The van der Waals surface area contributed by atoms with Gasteiger partial charge in [-0.3, -0.25) is 4.68 Å². The van der Waals surface area contributed by atoms with Gasteiger partial charge in [0.2, 0.25) is 0 Å². The van der Waals surface area contributed by atoms with E-state index >= 15 is 0 Å². The Morgan fingerprint density at radius 3 is 2.88 bits per heavy atom. The van der Waals surface area contributed by atoms with Gasteiger partial charge in [-0.15, -0.1) is 0 Å². The van der Waals surface area contributed by atoms with E-state index in [1.807, 2.05) is 24.1 Å². The number of hydrogen-bond acceptors (Lipinski definition) is 3. The van der Waals surface area contributed by atoms with E-state index in [1.165, 1.54) is 0 Å². The zero-order valence-electron chi connectivity index (χ0n) is 10.5. The lowest BCUT2D eigenvalue weighted by Crippen LogP contribution is -2.58. The minimum Gasteiger partial charge on any atom is -0.379 e. The number of nitrogens with zero attached hydrogens (tertiary/aromatic N) is 2. The summed E-state index contributed by atoms with van der Waals surface area (Å²) in [6, 6.07) is 0.480. The molecular weight excluding hydrogens is 202 g/mol. The predicted molar refractivity (Wildman–Crippen MR) is 64.4 cm³/mol. The van der Waals surface area contributed by atoms with Crippen LogP contribution in [0.5, 0.6) is 0 Å². The molecule has 2 atom stereocenters. The van der Waals surface area contributed by atoms with Gasteiger partial charge in [0, 0.05) is 31.3 Å². The maximum Gasteiger partial charge on any atom is 0.0728 e. The minimum atomic E-state index is 0.200. The molecule has 1 N–H and O–H groups in total. The van der Waals surface area contributed by atoms with Crippen molar-refractivity contribution in [1.82, 2.24) is 9.78 Å². The molecule has 2 rings (SSSR count). The predicted octanol–water partition coefficient (Wildman–Crippen LogP) is 2.04. The summed E-state index contributed by atoms with van der Waals surface area (Å²) >= 11 is 0. The van der Waals surface area contributed by atoms with Crippen molar-refractivity contribution in [3.05, 3.63) is 12.4 Å². The summed E-state index contributed by atoms with van der Waals surface area (Å²) in [5.41, 5.74) is 1.29. The fourth-order valence-electron chi connectivity index (χ4n) is 2.31. The molecule has 0 bridgehead atoms. The third kappa shape index (κ3) is 1.94. The number of anilines is 1. The van der Waals surface area contributed by atoms with Gasteiger partial charge in [-0.2, -0.15) is 5.10 Å². The Morgan fingerprint density at radius 1 is 1.62 bits per heavy atom. The fraction of sp³-hybridized carbons (Fsp3) is 0.750. The maximum atomic E-state index is 5.71. The normalized spacial score (nSPS) is 27.5. The zero-order chi connectivity index (χ0) is 11.8. The van der Waals surface area contributed by atoms with Crippen molar-refractivity contribution in [3.63, 3.8) is 0 Å². The average Bonchev–Trinajstić information content (AvgIpc) is 2.63. The minimum absolute atomic E-state index is 0.200. The van der Waals surface area contributed by atoms with Crippen LogP contribution in [0.25, 0.3) is 0 Å². The molecular formula is C12H21N3O. The van der Waals surface area contributed by atoms with Gasteiger partial charge in [0.1, 0.15) is 0 Å². The van der Waals surface area contributed by atoms with Crippen LogP contribution in [0.1, 0.15) is 27.2 Å². The molecule has 0 aromatic carbocycles. The molecule has 1 saturated carbocycles. The Bertz CT molecular complexity index is 359. The molecule has 1 aromatic heterocycles. The highest BCUT2D eigenvalue weighted by Gasteiger charge is 2.48. The first kappa shape index (κ1) is 11.5. The van der Waals surface area contributed by atoms with Crippen LogP contribution in [0, 0.1) is 5.41 Å². The monoisotopic (exact) mass is 223 g/mol. The second-order valence-electron chi connectivity index (χ2n) is 5.10. The molecule has 4 heteroatoms. The first-order valence-electron chi connectivity index (χ1n) is 5.90. The highest BCUT2D eigenvalue weighted by atomic mass is 16.5. The summed E-state index contributed by atoms with van der Waals surface area (Å²) in [6.45, 7) is 7.36. The van der Waals surface area contributed by atoms with Crippen LogP contribution < -0.4 is 5.32 Å². The molecule has 90 valence electrons. The van der Waals surface area contributed by atoms with Crippen molar-refractivity contribution in [3.8, 4) is 0 Å². The van der Waals surface area contributed by atoms with E-state index in [0.29, 0.717) is 12.1 Å². The van der Waals surface area contributed by atoms with Gasteiger partial charge in [-0.1, -0.05) is 13.8 Å². The molecule has 0 spiro atoms. The molecule has 0 amide bonds. The van der Waals surface area contributed by atoms with Crippen molar-refractivity contribution in [1.29, 1.82) is 0 Å². The number of aromatic nitrogens is 2. The topological polar surface area (TPSA) is 39.1 Å². The van der Waals surface area contributed by atoms with Crippen LogP contribution >= 0.6 is 0 Å². The van der Waals surface area contributed by atoms with Gasteiger partial charge < -0.3 is 10.1 Å². The maximum absolute atomic E-state index is 5.71. The third-order valence-corrected chi connectivity index (χ3v) is 3.59. The number of hydrogen-bond donors (Lipinski definition) is 1. The molecule has 0 saturated heterocycles. The molecule has 1 heterocycles. The fourth-order valence-corrected chi connectivity index (χ4v) is 2.31. The Hall–Kier alpha value is -1.03. The molecule has 1 aliphatic carbocycles. The molecule has 4 nitrogen and oxygen atoms in total. The summed E-state index contributed by atoms with van der Waals surface area (Å²) in [5, 5.41) is 7.67. The van der Waals surface area contributed by atoms with Crippen molar-refractivity contribution in [2.45, 2.75) is 39.3 Å². The first-order chi connectivity index (χ1) is 7.54. The molecule has 0 aliphatic heterocycles. The van der Waals surface area contributed by atoms with Crippen LogP contribution in [-0.4, -0.2) is 28.5 Å². The van der Waals surface area contributed by atoms with Gasteiger partial charge in [0.05, 0.1) is 18.0 Å². The van der Waals surface area contributed by atoms with E-state index in [-0.39, 0.29) is 5.41 Å². The van der Waals surface area contributed by atoms with Gasteiger partial charge >= 0.3 is 0 Å². The largest absolute Gasteiger partial charge is 0.379 e. The van der Waals surface area contributed by atoms with Gasteiger partial charge in [-0.05, 0) is 13.3 Å². The number of rotatable bonds is 4. The number of ether oxygens (including phenoxy) is 1. The van der Waals surface area contributed by atoms with Crippen molar-refractivity contribution >= 4 is 5.69 Å². The zero-order valence-corrected chi connectivity index (χ0v) is 10.5. The first-order valence-corrected chi connectivity index (χ1v) is 5.90. The van der Waals surface area contributed by atoms with E-state index in [4.69, 9.17) is 4.74 Å². The summed E-state index contributed by atoms with van der Waals surface area (Å²) in [7, 11) is 1.93. The third-order valence-electron chi connectivity index (χ3n) is 3.59. The Balaban J connectivity index is 1.94. The van der Waals surface area contributed by atoms with Crippen LogP contribution in [0.4, 0.5) is 5.69 Å². The molecule has 1 aromatic rings. The van der Waals surface area contributed by atoms with Crippen LogP contribution in [0.15, 0.2) is 12.4 Å². The summed E-state index contributed by atoms with van der Waals surface area (Å²) in [4.78, 5) is 0. The van der Waals surface area contributed by atoms with Crippen LogP contribution in [-0.2, 0) is 11.8 Å². The van der Waals surface area contributed by atoms with E-state index in [0.717, 1.165) is 18.7 Å².